The van der Waals surface area contributed by atoms with Crippen molar-refractivity contribution >= 4 is 0 Å². The van der Waals surface area contributed by atoms with Crippen LogP contribution in [0.25, 0.3) is 0 Å². The quantitative estimate of drug-likeness (QED) is 0.809. The van der Waals surface area contributed by atoms with Gasteiger partial charge in [0.05, 0.1) is 0 Å². The van der Waals surface area contributed by atoms with Gasteiger partial charge in [-0.25, -0.2) is 0 Å². The van der Waals surface area contributed by atoms with Crippen LogP contribution >= 0.6 is 0 Å². The molecule has 0 aromatic heterocycles. The topological polar surface area (TPSA) is 29.3 Å². The monoisotopic (exact) mass is 262 g/mol. The van der Waals surface area contributed by atoms with Crippen molar-refractivity contribution in [1.82, 2.24) is 4.90 Å². The van der Waals surface area contributed by atoms with Gasteiger partial charge >= 0.3 is 0 Å². The minimum Gasteiger partial charge on any atom is -0.323 e. The lowest BCUT2D eigenvalue weighted by atomic mass is 9.95. The molecule has 0 aliphatic carbocycles. The second-order valence-corrected chi connectivity index (χ2v) is 6.10. The molecule has 1 aromatic carbocycles. The lowest BCUT2D eigenvalue weighted by Crippen LogP contribution is -2.47. The minimum absolute atomic E-state index is 0.0901. The first-order valence-corrected chi connectivity index (χ1v) is 7.53. The first kappa shape index (κ1) is 16.2. The lowest BCUT2D eigenvalue weighted by molar-refractivity contribution is 0.112. The first-order chi connectivity index (χ1) is 8.97. The van der Waals surface area contributed by atoms with Crippen LogP contribution in [0.4, 0.5) is 0 Å². The summed E-state index contributed by atoms with van der Waals surface area (Å²) < 4.78 is 0. The molecule has 0 aliphatic rings. The number of nitrogens with zero attached hydrogens (tertiary/aromatic N) is 1. The zero-order chi connectivity index (χ0) is 14.4. The van der Waals surface area contributed by atoms with Crippen LogP contribution < -0.4 is 5.73 Å². The van der Waals surface area contributed by atoms with Crippen LogP contribution in [0.1, 0.15) is 52.6 Å². The maximum absolute atomic E-state index is 6.52. The summed E-state index contributed by atoms with van der Waals surface area (Å²) in [5.74, 6) is 0.666. The average molecular weight is 262 g/mol. The Bertz CT molecular complexity index is 346. The van der Waals surface area contributed by atoms with Crippen molar-refractivity contribution in [3.05, 3.63) is 35.9 Å². The molecular weight excluding hydrogens is 232 g/mol. The molecule has 2 unspecified atom stereocenters. The van der Waals surface area contributed by atoms with E-state index in [4.69, 9.17) is 5.73 Å². The fourth-order valence-electron chi connectivity index (χ4n) is 2.74. The Hall–Kier alpha value is -0.860. The van der Waals surface area contributed by atoms with Gasteiger partial charge in [-0.3, -0.25) is 4.90 Å². The van der Waals surface area contributed by atoms with Gasteiger partial charge in [0.1, 0.15) is 0 Å². The SMILES string of the molecule is CCC(C(N)c1ccccc1)N(CC(C)C)C(C)C. The zero-order valence-corrected chi connectivity index (χ0v) is 13.1. The molecule has 0 spiro atoms. The van der Waals surface area contributed by atoms with Crippen molar-refractivity contribution in [3.8, 4) is 0 Å². The Morgan fingerprint density at radius 1 is 1.05 bits per heavy atom. The predicted molar refractivity (Wildman–Crippen MR) is 84.1 cm³/mol. The van der Waals surface area contributed by atoms with E-state index in [0.29, 0.717) is 18.0 Å². The highest BCUT2D eigenvalue weighted by atomic mass is 15.2. The van der Waals surface area contributed by atoms with E-state index in [1.165, 1.54) is 5.56 Å². The van der Waals surface area contributed by atoms with Crippen LogP contribution in [0, 0.1) is 5.92 Å². The maximum atomic E-state index is 6.52. The summed E-state index contributed by atoms with van der Waals surface area (Å²) in [5.41, 5.74) is 7.76. The van der Waals surface area contributed by atoms with Gasteiger partial charge in [0.2, 0.25) is 0 Å². The largest absolute Gasteiger partial charge is 0.323 e. The summed E-state index contributed by atoms with van der Waals surface area (Å²) in [6, 6.07) is 11.5. The van der Waals surface area contributed by atoms with Crippen molar-refractivity contribution in [2.75, 3.05) is 6.54 Å². The number of rotatable bonds is 7. The number of benzene rings is 1. The lowest BCUT2D eigenvalue weighted by Gasteiger charge is -2.39. The molecule has 0 fully saturated rings. The third-order valence-corrected chi connectivity index (χ3v) is 3.68. The highest BCUT2D eigenvalue weighted by molar-refractivity contribution is 5.20. The standard InChI is InChI=1S/C17H30N2/c1-6-16(19(14(4)5)12-13(2)3)17(18)15-10-8-7-9-11-15/h7-11,13-14,16-17H,6,12,18H2,1-5H3. The molecule has 2 nitrogen and oxygen atoms in total. The van der Waals surface area contributed by atoms with Gasteiger partial charge in [0.25, 0.3) is 0 Å². The van der Waals surface area contributed by atoms with Gasteiger partial charge in [0.15, 0.2) is 0 Å². The highest BCUT2D eigenvalue weighted by Crippen LogP contribution is 2.23. The molecule has 2 N–H and O–H groups in total. The number of hydrogen-bond donors (Lipinski definition) is 1. The van der Waals surface area contributed by atoms with Gasteiger partial charge in [-0.15, -0.1) is 0 Å². The molecular formula is C17H30N2. The molecule has 2 heteroatoms. The molecule has 108 valence electrons. The molecule has 1 rings (SSSR count). The van der Waals surface area contributed by atoms with Gasteiger partial charge in [-0.2, -0.15) is 0 Å². The molecule has 0 radical (unpaired) electrons. The zero-order valence-electron chi connectivity index (χ0n) is 13.1. The van der Waals surface area contributed by atoms with Crippen LogP contribution in [-0.2, 0) is 0 Å². The second kappa shape index (κ2) is 7.66. The summed E-state index contributed by atoms with van der Waals surface area (Å²) in [6.45, 7) is 12.4. The Labute approximate surface area is 119 Å². The van der Waals surface area contributed by atoms with Crippen molar-refractivity contribution in [3.63, 3.8) is 0 Å². The first-order valence-electron chi connectivity index (χ1n) is 7.53. The predicted octanol–water partition coefficient (Wildman–Crippen LogP) is 3.83. The van der Waals surface area contributed by atoms with E-state index < -0.39 is 0 Å². The summed E-state index contributed by atoms with van der Waals surface area (Å²) in [5, 5.41) is 0. The van der Waals surface area contributed by atoms with E-state index in [2.05, 4.69) is 63.8 Å². The summed E-state index contributed by atoms with van der Waals surface area (Å²) in [4.78, 5) is 2.56. The summed E-state index contributed by atoms with van der Waals surface area (Å²) in [6.07, 6.45) is 1.08. The fourth-order valence-corrected chi connectivity index (χ4v) is 2.74. The highest BCUT2D eigenvalue weighted by Gasteiger charge is 2.26. The van der Waals surface area contributed by atoms with Gasteiger partial charge < -0.3 is 5.73 Å². The Morgan fingerprint density at radius 3 is 2.05 bits per heavy atom. The van der Waals surface area contributed by atoms with Crippen molar-refractivity contribution < 1.29 is 0 Å². The second-order valence-electron chi connectivity index (χ2n) is 6.10. The molecule has 2 atom stereocenters. The van der Waals surface area contributed by atoms with Crippen molar-refractivity contribution in [2.24, 2.45) is 11.7 Å². The van der Waals surface area contributed by atoms with Crippen molar-refractivity contribution in [2.45, 2.75) is 59.2 Å². The van der Waals surface area contributed by atoms with Crippen molar-refractivity contribution in [1.29, 1.82) is 0 Å². The van der Waals surface area contributed by atoms with E-state index >= 15 is 0 Å². The Morgan fingerprint density at radius 2 is 1.63 bits per heavy atom. The van der Waals surface area contributed by atoms with E-state index in [1.54, 1.807) is 0 Å². The number of hydrogen-bond acceptors (Lipinski definition) is 2. The molecule has 0 bridgehead atoms. The Kier molecular flexibility index (Phi) is 6.53. The van der Waals surface area contributed by atoms with E-state index in [1.807, 2.05) is 6.07 Å². The van der Waals surface area contributed by atoms with Crippen LogP contribution in [0.2, 0.25) is 0 Å². The smallest absolute Gasteiger partial charge is 0.0453 e. The van der Waals surface area contributed by atoms with Crippen LogP contribution in [0.5, 0.6) is 0 Å². The molecule has 0 aliphatic heterocycles. The van der Waals surface area contributed by atoms with Crippen LogP contribution in [0.15, 0.2) is 30.3 Å². The number of nitrogens with two attached hydrogens (primary N) is 1. The summed E-state index contributed by atoms with van der Waals surface area (Å²) in [7, 11) is 0. The van der Waals surface area contributed by atoms with E-state index in [9.17, 15) is 0 Å². The maximum Gasteiger partial charge on any atom is 0.0453 e. The van der Waals surface area contributed by atoms with E-state index in [-0.39, 0.29) is 6.04 Å². The fraction of sp³-hybridized carbons (Fsp3) is 0.647. The van der Waals surface area contributed by atoms with Gasteiger partial charge in [-0.1, -0.05) is 51.1 Å². The van der Waals surface area contributed by atoms with Gasteiger partial charge in [-0.05, 0) is 31.7 Å². The Balaban J connectivity index is 2.90. The third kappa shape index (κ3) is 4.63. The average Bonchev–Trinajstić information content (AvgIpc) is 2.38. The molecule has 0 heterocycles. The summed E-state index contributed by atoms with van der Waals surface area (Å²) >= 11 is 0. The molecule has 0 saturated heterocycles. The van der Waals surface area contributed by atoms with Crippen LogP contribution in [-0.4, -0.2) is 23.5 Å². The van der Waals surface area contributed by atoms with Gasteiger partial charge in [0, 0.05) is 24.7 Å². The molecule has 19 heavy (non-hydrogen) atoms. The molecule has 0 amide bonds. The molecule has 0 saturated carbocycles. The third-order valence-electron chi connectivity index (χ3n) is 3.68. The van der Waals surface area contributed by atoms with E-state index in [0.717, 1.165) is 13.0 Å². The molecule has 1 aromatic rings. The normalized spacial score (nSPS) is 15.2. The minimum atomic E-state index is 0.0901. The van der Waals surface area contributed by atoms with Crippen LogP contribution in [0.3, 0.4) is 0 Å².